The molecule has 0 spiro atoms. The van der Waals surface area contributed by atoms with E-state index in [9.17, 15) is 14.0 Å². The number of nitrogens with one attached hydrogen (secondary N) is 1. The van der Waals surface area contributed by atoms with Crippen LogP contribution in [0.5, 0.6) is 0 Å². The standard InChI is InChI=1S/C26H33FN2O2/c1-25-13-4-5-20(25)18-10-11-22-26(2,21(18)12-14-25)15-19(24(31)29(22)3)23(30)28-17-8-6-16(27)7-9-17/h6-9,11,18-21H,4-5,10,12-15H2,1-3H3,(H,28,30)/t18-,19?,20-,21+,25-,26+/m0/s1. The van der Waals surface area contributed by atoms with Crippen molar-refractivity contribution in [3.63, 3.8) is 0 Å². The Kier molecular flexibility index (Phi) is 4.80. The Balaban J connectivity index is 1.43. The molecule has 5 heteroatoms. The molecule has 1 unspecified atom stereocenters. The Morgan fingerprint density at radius 1 is 1.13 bits per heavy atom. The molecule has 1 saturated heterocycles. The van der Waals surface area contributed by atoms with Crippen LogP contribution in [0.2, 0.25) is 0 Å². The normalized spacial score (nSPS) is 39.3. The number of carbonyl (C=O) groups excluding carboxylic acids is 2. The average Bonchev–Trinajstić information content (AvgIpc) is 3.14. The summed E-state index contributed by atoms with van der Waals surface area (Å²) in [6, 6.07) is 5.71. The molecule has 0 bridgehead atoms. The molecular weight excluding hydrogens is 391 g/mol. The van der Waals surface area contributed by atoms with E-state index in [1.54, 1.807) is 4.90 Å². The molecule has 5 rings (SSSR count). The summed E-state index contributed by atoms with van der Waals surface area (Å²) in [6.45, 7) is 4.77. The van der Waals surface area contributed by atoms with Crippen molar-refractivity contribution >= 4 is 17.5 Å². The zero-order chi connectivity index (χ0) is 22.0. The minimum atomic E-state index is -0.715. The van der Waals surface area contributed by atoms with Crippen molar-refractivity contribution in [3.05, 3.63) is 41.9 Å². The van der Waals surface area contributed by atoms with Crippen molar-refractivity contribution in [1.29, 1.82) is 0 Å². The second-order valence-corrected chi connectivity index (χ2v) is 10.9. The lowest BCUT2D eigenvalue weighted by Crippen LogP contribution is -2.57. The van der Waals surface area contributed by atoms with E-state index in [0.717, 1.165) is 18.0 Å². The summed E-state index contributed by atoms with van der Waals surface area (Å²) in [4.78, 5) is 28.1. The number of amides is 2. The van der Waals surface area contributed by atoms with Gasteiger partial charge < -0.3 is 10.2 Å². The van der Waals surface area contributed by atoms with Crippen LogP contribution >= 0.6 is 0 Å². The lowest BCUT2D eigenvalue weighted by Gasteiger charge is -2.58. The number of rotatable bonds is 2. The number of fused-ring (bicyclic) bond motifs is 5. The smallest absolute Gasteiger partial charge is 0.239 e. The Morgan fingerprint density at radius 3 is 2.61 bits per heavy atom. The van der Waals surface area contributed by atoms with Gasteiger partial charge in [-0.2, -0.15) is 0 Å². The Bertz CT molecular complexity index is 941. The fourth-order valence-corrected chi connectivity index (χ4v) is 7.68. The Labute approximate surface area is 184 Å². The molecule has 1 aromatic rings. The molecule has 6 atom stereocenters. The maximum atomic E-state index is 13.2. The SMILES string of the molecule is CN1C(=O)C(C(=O)Nc2ccc(F)cc2)C[C@@]2(C)C1=CC[C@@H]1[C@H]2CC[C@]2(C)CCC[C@@H]12. The predicted octanol–water partition coefficient (Wildman–Crippen LogP) is 5.37. The molecule has 1 N–H and O–H groups in total. The number of halogens is 1. The molecule has 1 aromatic carbocycles. The molecule has 3 fully saturated rings. The van der Waals surface area contributed by atoms with E-state index >= 15 is 0 Å². The highest BCUT2D eigenvalue weighted by Gasteiger charge is 2.59. The highest BCUT2D eigenvalue weighted by atomic mass is 19.1. The van der Waals surface area contributed by atoms with Crippen LogP contribution in [0.15, 0.2) is 36.0 Å². The van der Waals surface area contributed by atoms with Crippen molar-refractivity contribution in [1.82, 2.24) is 4.90 Å². The van der Waals surface area contributed by atoms with E-state index in [4.69, 9.17) is 0 Å². The number of likely N-dealkylation sites (tertiary alicyclic amines) is 1. The van der Waals surface area contributed by atoms with Crippen molar-refractivity contribution in [3.8, 4) is 0 Å². The van der Waals surface area contributed by atoms with Gasteiger partial charge in [0, 0.05) is 23.8 Å². The number of piperidine rings is 1. The molecule has 1 aliphatic heterocycles. The molecule has 1 heterocycles. The molecule has 0 radical (unpaired) electrons. The van der Waals surface area contributed by atoms with Crippen molar-refractivity contribution < 1.29 is 14.0 Å². The number of hydrogen-bond acceptors (Lipinski definition) is 2. The highest BCUT2D eigenvalue weighted by molar-refractivity contribution is 6.07. The number of benzene rings is 1. The topological polar surface area (TPSA) is 49.4 Å². The zero-order valence-electron chi connectivity index (χ0n) is 18.8. The molecule has 31 heavy (non-hydrogen) atoms. The molecule has 0 aromatic heterocycles. The molecular formula is C26H33FN2O2. The summed E-state index contributed by atoms with van der Waals surface area (Å²) in [6.07, 6.45) is 10.3. The number of allylic oxidation sites excluding steroid dienone is 2. The molecule has 4 nitrogen and oxygen atoms in total. The fourth-order valence-electron chi connectivity index (χ4n) is 7.68. The Morgan fingerprint density at radius 2 is 1.87 bits per heavy atom. The van der Waals surface area contributed by atoms with Gasteiger partial charge in [0.25, 0.3) is 0 Å². The molecule has 3 aliphatic carbocycles. The number of carbonyl (C=O) groups is 2. The summed E-state index contributed by atoms with van der Waals surface area (Å²) >= 11 is 0. The van der Waals surface area contributed by atoms with Gasteiger partial charge >= 0.3 is 0 Å². The van der Waals surface area contributed by atoms with Crippen LogP contribution in [0.1, 0.15) is 58.8 Å². The minimum absolute atomic E-state index is 0.136. The molecule has 2 saturated carbocycles. The maximum absolute atomic E-state index is 13.2. The average molecular weight is 425 g/mol. The number of hydrogen-bond donors (Lipinski definition) is 1. The van der Waals surface area contributed by atoms with E-state index < -0.39 is 5.92 Å². The fraction of sp³-hybridized carbons (Fsp3) is 0.615. The van der Waals surface area contributed by atoms with Crippen LogP contribution in [0, 0.1) is 40.3 Å². The Hall–Kier alpha value is -2.17. The van der Waals surface area contributed by atoms with Crippen LogP contribution in [-0.4, -0.2) is 23.8 Å². The van der Waals surface area contributed by atoms with Crippen molar-refractivity contribution in [2.75, 3.05) is 12.4 Å². The van der Waals surface area contributed by atoms with Crippen LogP contribution in [0.4, 0.5) is 10.1 Å². The lowest BCUT2D eigenvalue weighted by molar-refractivity contribution is -0.147. The molecule has 2 amide bonds. The minimum Gasteiger partial charge on any atom is -0.325 e. The molecule has 166 valence electrons. The third-order valence-electron chi connectivity index (χ3n) is 9.25. The van der Waals surface area contributed by atoms with E-state index in [1.807, 2.05) is 7.05 Å². The summed E-state index contributed by atoms with van der Waals surface area (Å²) in [7, 11) is 1.83. The van der Waals surface area contributed by atoms with Crippen LogP contribution in [-0.2, 0) is 9.59 Å². The van der Waals surface area contributed by atoms with Gasteiger partial charge in [0.1, 0.15) is 11.7 Å². The summed E-state index contributed by atoms with van der Waals surface area (Å²) < 4.78 is 13.2. The largest absolute Gasteiger partial charge is 0.325 e. The first-order chi connectivity index (χ1) is 14.7. The van der Waals surface area contributed by atoms with E-state index in [1.165, 1.54) is 56.4 Å². The van der Waals surface area contributed by atoms with Crippen LogP contribution < -0.4 is 5.32 Å². The summed E-state index contributed by atoms with van der Waals surface area (Å²) in [5.41, 5.74) is 1.94. The predicted molar refractivity (Wildman–Crippen MR) is 118 cm³/mol. The first-order valence-electron chi connectivity index (χ1n) is 11.8. The monoisotopic (exact) mass is 424 g/mol. The van der Waals surface area contributed by atoms with E-state index in [0.29, 0.717) is 29.4 Å². The second kappa shape index (κ2) is 7.18. The first kappa shape index (κ1) is 20.7. The van der Waals surface area contributed by atoms with Gasteiger partial charge in [-0.15, -0.1) is 0 Å². The summed E-state index contributed by atoms with van der Waals surface area (Å²) in [5.74, 6) is 0.440. The highest BCUT2D eigenvalue weighted by Crippen LogP contribution is 2.64. The van der Waals surface area contributed by atoms with Crippen molar-refractivity contribution in [2.24, 2.45) is 34.5 Å². The van der Waals surface area contributed by atoms with Gasteiger partial charge in [-0.05, 0) is 86.0 Å². The molecule has 4 aliphatic rings. The van der Waals surface area contributed by atoms with Gasteiger partial charge in [0.05, 0.1) is 0 Å². The second-order valence-electron chi connectivity index (χ2n) is 10.9. The van der Waals surface area contributed by atoms with Gasteiger partial charge in [-0.25, -0.2) is 4.39 Å². The third-order valence-corrected chi connectivity index (χ3v) is 9.25. The maximum Gasteiger partial charge on any atom is 0.239 e. The van der Waals surface area contributed by atoms with E-state index in [2.05, 4.69) is 25.2 Å². The van der Waals surface area contributed by atoms with Gasteiger partial charge in [0.2, 0.25) is 11.8 Å². The quantitative estimate of drug-likeness (QED) is 0.649. The number of nitrogens with zero attached hydrogens (tertiary/aromatic N) is 1. The lowest BCUT2D eigenvalue weighted by atomic mass is 9.49. The van der Waals surface area contributed by atoms with Gasteiger partial charge in [-0.3, -0.25) is 9.59 Å². The van der Waals surface area contributed by atoms with Crippen LogP contribution in [0.25, 0.3) is 0 Å². The zero-order valence-corrected chi connectivity index (χ0v) is 18.8. The third kappa shape index (κ3) is 3.15. The van der Waals surface area contributed by atoms with Crippen LogP contribution in [0.3, 0.4) is 0 Å². The van der Waals surface area contributed by atoms with Crippen molar-refractivity contribution in [2.45, 2.75) is 58.8 Å². The first-order valence-corrected chi connectivity index (χ1v) is 11.8. The van der Waals surface area contributed by atoms with Gasteiger partial charge in [0.15, 0.2) is 0 Å². The summed E-state index contributed by atoms with van der Waals surface area (Å²) in [5, 5.41) is 2.85. The van der Waals surface area contributed by atoms with E-state index in [-0.39, 0.29) is 23.0 Å². The van der Waals surface area contributed by atoms with Gasteiger partial charge in [-0.1, -0.05) is 26.3 Å². The number of anilines is 1.